The number of carboxylic acid groups (broad SMARTS) is 2. The van der Waals surface area contributed by atoms with Gasteiger partial charge in [-0.05, 0) is 17.2 Å². The summed E-state index contributed by atoms with van der Waals surface area (Å²) in [5.41, 5.74) is 7.87. The number of rotatable bonds is 13. The lowest BCUT2D eigenvalue weighted by molar-refractivity contribution is -0.141. The van der Waals surface area contributed by atoms with E-state index in [0.29, 0.717) is 11.1 Å². The fourth-order valence-corrected chi connectivity index (χ4v) is 3.88. The van der Waals surface area contributed by atoms with Gasteiger partial charge in [0.2, 0.25) is 17.7 Å². The molecule has 0 bridgehead atoms. The van der Waals surface area contributed by atoms with Crippen LogP contribution in [0.25, 0.3) is 10.9 Å². The minimum Gasteiger partial charge on any atom is -0.481 e. The summed E-state index contributed by atoms with van der Waals surface area (Å²) in [6.07, 6.45) is 1.13. The quantitative estimate of drug-likeness (QED) is 0.161. The zero-order valence-corrected chi connectivity index (χ0v) is 20.3. The zero-order chi connectivity index (χ0) is 27.7. The number of carbonyl (C=O) groups excluding carboxylic acids is 3. The number of aliphatic carboxylic acids is 2. The first kappa shape index (κ1) is 27.9. The molecule has 1 aromatic heterocycles. The third-order valence-corrected chi connectivity index (χ3v) is 5.80. The molecular weight excluding hydrogens is 494 g/mol. The molecule has 0 spiro atoms. The highest BCUT2D eigenvalue weighted by Gasteiger charge is 2.27. The summed E-state index contributed by atoms with van der Waals surface area (Å²) in [5, 5.41) is 26.5. The molecule has 8 N–H and O–H groups in total. The molecule has 3 aromatic rings. The number of nitrogens with one attached hydrogen (secondary N) is 4. The van der Waals surface area contributed by atoms with E-state index in [1.807, 2.05) is 24.3 Å². The number of para-hydroxylation sites is 1. The fourth-order valence-electron chi connectivity index (χ4n) is 3.88. The van der Waals surface area contributed by atoms with Crippen molar-refractivity contribution in [3.8, 4) is 0 Å². The van der Waals surface area contributed by atoms with E-state index in [1.54, 1.807) is 36.5 Å². The van der Waals surface area contributed by atoms with Gasteiger partial charge in [0, 0.05) is 29.9 Å². The van der Waals surface area contributed by atoms with Gasteiger partial charge < -0.3 is 36.9 Å². The van der Waals surface area contributed by atoms with Crippen LogP contribution >= 0.6 is 0 Å². The molecule has 0 aliphatic carbocycles. The lowest BCUT2D eigenvalue weighted by atomic mass is 10.0. The van der Waals surface area contributed by atoms with Crippen LogP contribution in [0.15, 0.2) is 60.8 Å². The zero-order valence-electron chi connectivity index (χ0n) is 20.3. The summed E-state index contributed by atoms with van der Waals surface area (Å²) in [5.74, 6) is -4.81. The monoisotopic (exact) mass is 523 g/mol. The molecule has 2 aromatic carbocycles. The summed E-state index contributed by atoms with van der Waals surface area (Å²) >= 11 is 0. The molecule has 12 heteroatoms. The van der Waals surface area contributed by atoms with Crippen molar-refractivity contribution in [2.24, 2.45) is 5.73 Å². The molecule has 0 aliphatic heterocycles. The molecule has 3 amide bonds. The highest BCUT2D eigenvalue weighted by Crippen LogP contribution is 2.19. The van der Waals surface area contributed by atoms with Crippen LogP contribution in [0.5, 0.6) is 0 Å². The molecule has 12 nitrogen and oxygen atoms in total. The van der Waals surface area contributed by atoms with Crippen LogP contribution in [0, 0.1) is 0 Å². The molecule has 0 radical (unpaired) electrons. The predicted octanol–water partition coefficient (Wildman–Crippen LogP) is -0.0745. The van der Waals surface area contributed by atoms with Crippen molar-refractivity contribution in [1.82, 2.24) is 20.9 Å². The van der Waals surface area contributed by atoms with Gasteiger partial charge in [0.1, 0.15) is 12.1 Å². The van der Waals surface area contributed by atoms with Crippen molar-refractivity contribution >= 4 is 40.6 Å². The number of hydrogen-bond donors (Lipinski definition) is 7. The maximum atomic E-state index is 13.0. The van der Waals surface area contributed by atoms with Gasteiger partial charge in [-0.15, -0.1) is 0 Å². The number of amides is 3. The van der Waals surface area contributed by atoms with E-state index in [-0.39, 0.29) is 12.8 Å². The average Bonchev–Trinajstić information content (AvgIpc) is 3.29. The molecule has 0 aliphatic rings. The molecule has 200 valence electrons. The average molecular weight is 524 g/mol. The van der Waals surface area contributed by atoms with Gasteiger partial charge in [0.15, 0.2) is 0 Å². The number of hydrogen-bond acceptors (Lipinski definition) is 6. The standard InChI is InChI=1S/C26H29N5O7/c27-18(12-23(33)34)24(35)31-20(11-16-13-28-19-9-5-4-8-17(16)19)25(36)29-14-22(32)30-21(26(37)38)10-15-6-2-1-3-7-15/h1-9,13,18,20-21,28H,10-12,14,27H2,(H,29,36)(H,30,32)(H,31,35)(H,33,34)(H,37,38). The Morgan fingerprint density at radius 3 is 2.21 bits per heavy atom. The van der Waals surface area contributed by atoms with E-state index in [4.69, 9.17) is 10.8 Å². The second kappa shape index (κ2) is 13.0. The Balaban J connectivity index is 1.67. The van der Waals surface area contributed by atoms with Gasteiger partial charge in [-0.1, -0.05) is 48.5 Å². The van der Waals surface area contributed by atoms with E-state index < -0.39 is 60.8 Å². The SMILES string of the molecule is NC(CC(=O)O)C(=O)NC(Cc1c[nH]c2ccccc12)C(=O)NCC(=O)NC(Cc1ccccc1)C(=O)O. The molecule has 0 saturated carbocycles. The highest BCUT2D eigenvalue weighted by atomic mass is 16.4. The summed E-state index contributed by atoms with van der Waals surface area (Å²) in [6, 6.07) is 12.3. The van der Waals surface area contributed by atoms with E-state index in [2.05, 4.69) is 20.9 Å². The largest absolute Gasteiger partial charge is 0.481 e. The molecule has 3 rings (SSSR count). The molecular formula is C26H29N5O7. The Kier molecular flexibility index (Phi) is 9.54. The van der Waals surface area contributed by atoms with Crippen LogP contribution in [0.2, 0.25) is 0 Å². The maximum Gasteiger partial charge on any atom is 0.326 e. The van der Waals surface area contributed by atoms with E-state index in [9.17, 15) is 29.1 Å². The predicted molar refractivity (Wildman–Crippen MR) is 137 cm³/mol. The first-order valence-electron chi connectivity index (χ1n) is 11.8. The van der Waals surface area contributed by atoms with Gasteiger partial charge >= 0.3 is 11.9 Å². The van der Waals surface area contributed by atoms with Crippen LogP contribution in [0.4, 0.5) is 0 Å². The number of fused-ring (bicyclic) bond motifs is 1. The highest BCUT2D eigenvalue weighted by molar-refractivity contribution is 5.94. The number of H-pyrrole nitrogens is 1. The Morgan fingerprint density at radius 1 is 0.842 bits per heavy atom. The van der Waals surface area contributed by atoms with E-state index in [1.165, 1.54) is 0 Å². The molecule has 3 unspecified atom stereocenters. The molecule has 38 heavy (non-hydrogen) atoms. The normalized spacial score (nSPS) is 13.2. The van der Waals surface area contributed by atoms with Gasteiger partial charge in [0.25, 0.3) is 0 Å². The van der Waals surface area contributed by atoms with Crippen molar-refractivity contribution in [2.45, 2.75) is 37.4 Å². The van der Waals surface area contributed by atoms with Crippen LogP contribution in [-0.2, 0) is 36.8 Å². The second-order valence-corrected chi connectivity index (χ2v) is 8.70. The van der Waals surface area contributed by atoms with E-state index >= 15 is 0 Å². The second-order valence-electron chi connectivity index (χ2n) is 8.70. The number of aromatic nitrogens is 1. The van der Waals surface area contributed by atoms with Crippen LogP contribution < -0.4 is 21.7 Å². The Hall–Kier alpha value is -4.71. The first-order valence-corrected chi connectivity index (χ1v) is 11.8. The van der Waals surface area contributed by atoms with Crippen molar-refractivity contribution < 1.29 is 34.2 Å². The Bertz CT molecular complexity index is 1310. The topological polar surface area (TPSA) is 204 Å². The van der Waals surface area contributed by atoms with Crippen molar-refractivity contribution in [3.63, 3.8) is 0 Å². The summed E-state index contributed by atoms with van der Waals surface area (Å²) < 4.78 is 0. The summed E-state index contributed by atoms with van der Waals surface area (Å²) in [4.78, 5) is 63.6. The lowest BCUT2D eigenvalue weighted by Gasteiger charge is -2.21. The number of aromatic amines is 1. The van der Waals surface area contributed by atoms with Crippen LogP contribution in [0.1, 0.15) is 17.5 Å². The van der Waals surface area contributed by atoms with Crippen LogP contribution in [0.3, 0.4) is 0 Å². The van der Waals surface area contributed by atoms with E-state index in [0.717, 1.165) is 10.9 Å². The Labute approximate surface area is 217 Å². The summed E-state index contributed by atoms with van der Waals surface area (Å²) in [6.45, 7) is -0.543. The smallest absolute Gasteiger partial charge is 0.326 e. The molecule has 1 heterocycles. The third kappa shape index (κ3) is 7.90. The molecule has 0 fully saturated rings. The number of nitrogens with two attached hydrogens (primary N) is 1. The lowest BCUT2D eigenvalue weighted by Crippen LogP contribution is -2.54. The third-order valence-electron chi connectivity index (χ3n) is 5.80. The van der Waals surface area contributed by atoms with Gasteiger partial charge in [-0.25, -0.2) is 4.79 Å². The first-order chi connectivity index (χ1) is 18.1. The minimum absolute atomic E-state index is 0.0226. The Morgan fingerprint density at radius 2 is 1.53 bits per heavy atom. The number of carbonyl (C=O) groups is 5. The summed E-state index contributed by atoms with van der Waals surface area (Å²) in [7, 11) is 0. The van der Waals surface area contributed by atoms with Gasteiger partial charge in [0.05, 0.1) is 19.0 Å². The molecule has 0 saturated heterocycles. The van der Waals surface area contributed by atoms with Crippen molar-refractivity contribution in [2.75, 3.05) is 6.54 Å². The maximum absolute atomic E-state index is 13.0. The fraction of sp³-hybridized carbons (Fsp3) is 0.269. The van der Waals surface area contributed by atoms with Gasteiger partial charge in [-0.3, -0.25) is 19.2 Å². The minimum atomic E-state index is -1.39. The number of carboxylic acids is 2. The van der Waals surface area contributed by atoms with Crippen molar-refractivity contribution in [1.29, 1.82) is 0 Å². The number of benzene rings is 2. The van der Waals surface area contributed by atoms with Gasteiger partial charge in [-0.2, -0.15) is 0 Å². The van der Waals surface area contributed by atoms with Crippen molar-refractivity contribution in [3.05, 3.63) is 71.9 Å². The molecule has 3 atom stereocenters. The van der Waals surface area contributed by atoms with Crippen LogP contribution in [-0.4, -0.2) is 69.5 Å².